The summed E-state index contributed by atoms with van der Waals surface area (Å²) in [6.07, 6.45) is 0.272. The highest BCUT2D eigenvalue weighted by atomic mass is 16.5. The molecule has 2 heterocycles. The van der Waals surface area contributed by atoms with E-state index < -0.39 is 0 Å². The Kier molecular flexibility index (Phi) is 4.37. The Bertz CT molecular complexity index is 624. The zero-order chi connectivity index (χ0) is 16.6. The second kappa shape index (κ2) is 6.29. The van der Waals surface area contributed by atoms with Crippen LogP contribution in [0.1, 0.15) is 12.0 Å². The van der Waals surface area contributed by atoms with Gasteiger partial charge in [0.25, 0.3) is 5.91 Å². The van der Waals surface area contributed by atoms with Crippen molar-refractivity contribution >= 4 is 17.5 Å². The summed E-state index contributed by atoms with van der Waals surface area (Å²) in [6.45, 7) is 5.41. The number of piperazine rings is 1. The molecule has 23 heavy (non-hydrogen) atoms. The zero-order valence-electron chi connectivity index (χ0n) is 13.9. The number of methoxy groups -OCH3 is 1. The first-order valence-corrected chi connectivity index (χ1v) is 7.95. The normalized spacial score (nSPS) is 23.6. The molecular weight excluding hydrogens is 294 g/mol. The summed E-state index contributed by atoms with van der Waals surface area (Å²) in [5, 5.41) is 0. The first-order valence-electron chi connectivity index (χ1n) is 7.95. The zero-order valence-corrected chi connectivity index (χ0v) is 13.9. The van der Waals surface area contributed by atoms with E-state index in [-0.39, 0.29) is 24.3 Å². The van der Waals surface area contributed by atoms with E-state index in [4.69, 9.17) is 4.74 Å². The Balaban J connectivity index is 1.81. The molecule has 2 saturated heterocycles. The van der Waals surface area contributed by atoms with Crippen LogP contribution in [0.4, 0.5) is 5.69 Å². The van der Waals surface area contributed by atoms with Crippen molar-refractivity contribution in [2.45, 2.75) is 19.4 Å². The number of anilines is 1. The van der Waals surface area contributed by atoms with Crippen molar-refractivity contribution in [2.75, 3.05) is 45.2 Å². The van der Waals surface area contributed by atoms with Crippen LogP contribution in [0, 0.1) is 6.92 Å². The average molecular weight is 317 g/mol. The average Bonchev–Trinajstić information content (AvgIpc) is 2.83. The van der Waals surface area contributed by atoms with Crippen molar-refractivity contribution in [2.24, 2.45) is 0 Å². The standard InChI is InChI=1S/C17H23N3O3/c1-12-10-13(23-3)4-5-14(12)20-16(21)11-15(17(20)22)19-8-6-18(2)7-9-19/h4-5,10,15H,6-9,11H2,1-3H3/t15-/m0/s1. The van der Waals surface area contributed by atoms with Crippen LogP contribution in [0.15, 0.2) is 18.2 Å². The first-order chi connectivity index (χ1) is 11.0. The number of nitrogens with zero attached hydrogens (tertiary/aromatic N) is 3. The molecule has 3 rings (SSSR count). The minimum atomic E-state index is -0.322. The lowest BCUT2D eigenvalue weighted by molar-refractivity contribution is -0.123. The number of aryl methyl sites for hydroxylation is 1. The molecule has 1 aromatic carbocycles. The quantitative estimate of drug-likeness (QED) is 0.775. The number of hydrogen-bond donors (Lipinski definition) is 0. The SMILES string of the molecule is COc1ccc(N2C(=O)C[C@H](N3CCN(C)CC3)C2=O)c(C)c1. The summed E-state index contributed by atoms with van der Waals surface area (Å²) in [7, 11) is 3.68. The molecule has 0 N–H and O–H groups in total. The second-order valence-corrected chi connectivity index (χ2v) is 6.28. The summed E-state index contributed by atoms with van der Waals surface area (Å²) in [4.78, 5) is 31.0. The molecule has 124 valence electrons. The van der Waals surface area contributed by atoms with Crippen LogP contribution in [-0.4, -0.2) is 68.0 Å². The van der Waals surface area contributed by atoms with E-state index in [0.717, 1.165) is 37.5 Å². The fraction of sp³-hybridized carbons (Fsp3) is 0.529. The molecule has 6 nitrogen and oxygen atoms in total. The van der Waals surface area contributed by atoms with Crippen LogP contribution in [-0.2, 0) is 9.59 Å². The van der Waals surface area contributed by atoms with Crippen LogP contribution < -0.4 is 9.64 Å². The molecule has 1 atom stereocenters. The largest absolute Gasteiger partial charge is 0.497 e. The maximum Gasteiger partial charge on any atom is 0.251 e. The van der Waals surface area contributed by atoms with Gasteiger partial charge < -0.3 is 9.64 Å². The van der Waals surface area contributed by atoms with Gasteiger partial charge >= 0.3 is 0 Å². The molecule has 0 spiro atoms. The molecule has 2 amide bonds. The van der Waals surface area contributed by atoms with Crippen molar-refractivity contribution in [1.29, 1.82) is 0 Å². The Hall–Kier alpha value is -1.92. The van der Waals surface area contributed by atoms with Gasteiger partial charge in [0.2, 0.25) is 5.91 Å². The van der Waals surface area contributed by atoms with Gasteiger partial charge in [-0.1, -0.05) is 0 Å². The predicted molar refractivity (Wildman–Crippen MR) is 87.7 cm³/mol. The molecule has 0 saturated carbocycles. The van der Waals surface area contributed by atoms with Gasteiger partial charge in [-0.05, 0) is 37.7 Å². The Morgan fingerprint density at radius 3 is 2.43 bits per heavy atom. The summed E-state index contributed by atoms with van der Waals surface area (Å²) in [5.41, 5.74) is 1.53. The minimum Gasteiger partial charge on any atom is -0.497 e. The third kappa shape index (κ3) is 2.96. The number of benzene rings is 1. The lowest BCUT2D eigenvalue weighted by atomic mass is 10.1. The van der Waals surface area contributed by atoms with Crippen molar-refractivity contribution in [3.63, 3.8) is 0 Å². The van der Waals surface area contributed by atoms with Gasteiger partial charge in [0.15, 0.2) is 0 Å². The monoisotopic (exact) mass is 317 g/mol. The van der Waals surface area contributed by atoms with Crippen molar-refractivity contribution in [1.82, 2.24) is 9.80 Å². The molecule has 2 fully saturated rings. The number of amides is 2. The molecular formula is C17H23N3O3. The molecule has 6 heteroatoms. The molecule has 0 unspecified atom stereocenters. The second-order valence-electron chi connectivity index (χ2n) is 6.28. The van der Waals surface area contributed by atoms with Gasteiger partial charge in [-0.3, -0.25) is 14.5 Å². The van der Waals surface area contributed by atoms with Crippen LogP contribution >= 0.6 is 0 Å². The number of carbonyl (C=O) groups excluding carboxylic acids is 2. The van der Waals surface area contributed by atoms with Gasteiger partial charge in [0.05, 0.1) is 25.3 Å². The van der Waals surface area contributed by atoms with E-state index in [0.29, 0.717) is 5.69 Å². The summed E-state index contributed by atoms with van der Waals surface area (Å²) < 4.78 is 5.19. The van der Waals surface area contributed by atoms with E-state index in [1.54, 1.807) is 19.2 Å². The summed E-state index contributed by atoms with van der Waals surface area (Å²) in [6, 6.07) is 5.10. The fourth-order valence-corrected chi connectivity index (χ4v) is 3.29. The molecule has 0 aliphatic carbocycles. The lowest BCUT2D eigenvalue weighted by Crippen LogP contribution is -2.51. The number of imide groups is 1. The smallest absolute Gasteiger partial charge is 0.251 e. The molecule has 2 aliphatic rings. The van der Waals surface area contributed by atoms with Crippen LogP contribution in [0.25, 0.3) is 0 Å². The number of likely N-dealkylation sites (N-methyl/N-ethyl adjacent to an activating group) is 1. The van der Waals surface area contributed by atoms with E-state index >= 15 is 0 Å². The van der Waals surface area contributed by atoms with Gasteiger partial charge in [-0.25, -0.2) is 4.90 Å². The highest BCUT2D eigenvalue weighted by molar-refractivity contribution is 6.22. The van der Waals surface area contributed by atoms with Crippen LogP contribution in [0.5, 0.6) is 5.75 Å². The number of rotatable bonds is 3. The topological polar surface area (TPSA) is 53.1 Å². The molecule has 0 bridgehead atoms. The highest BCUT2D eigenvalue weighted by Crippen LogP contribution is 2.30. The maximum absolute atomic E-state index is 12.8. The van der Waals surface area contributed by atoms with Crippen molar-refractivity contribution < 1.29 is 14.3 Å². The van der Waals surface area contributed by atoms with Gasteiger partial charge in [0, 0.05) is 26.2 Å². The molecule has 1 aromatic rings. The lowest BCUT2D eigenvalue weighted by Gasteiger charge is -2.35. The molecule has 2 aliphatic heterocycles. The van der Waals surface area contributed by atoms with Crippen LogP contribution in [0.3, 0.4) is 0 Å². The highest BCUT2D eigenvalue weighted by Gasteiger charge is 2.43. The van der Waals surface area contributed by atoms with Crippen molar-refractivity contribution in [3.05, 3.63) is 23.8 Å². The first kappa shape index (κ1) is 16.0. The number of carbonyl (C=O) groups is 2. The summed E-state index contributed by atoms with van der Waals surface area (Å²) >= 11 is 0. The van der Waals surface area contributed by atoms with E-state index in [2.05, 4.69) is 16.8 Å². The number of ether oxygens (including phenoxy) is 1. The van der Waals surface area contributed by atoms with Gasteiger partial charge in [-0.15, -0.1) is 0 Å². The minimum absolute atomic E-state index is 0.104. The van der Waals surface area contributed by atoms with Crippen LogP contribution in [0.2, 0.25) is 0 Å². The van der Waals surface area contributed by atoms with E-state index in [1.807, 2.05) is 13.0 Å². The maximum atomic E-state index is 12.8. The number of hydrogen-bond acceptors (Lipinski definition) is 5. The third-order valence-corrected chi connectivity index (χ3v) is 4.75. The van der Waals surface area contributed by atoms with E-state index in [9.17, 15) is 9.59 Å². The predicted octanol–water partition coefficient (Wildman–Crippen LogP) is 0.883. The Labute approximate surface area is 136 Å². The Morgan fingerprint density at radius 2 is 1.83 bits per heavy atom. The Morgan fingerprint density at radius 1 is 1.13 bits per heavy atom. The molecule has 0 radical (unpaired) electrons. The van der Waals surface area contributed by atoms with Gasteiger partial charge in [0.1, 0.15) is 5.75 Å². The third-order valence-electron chi connectivity index (χ3n) is 4.75. The summed E-state index contributed by atoms with van der Waals surface area (Å²) in [5.74, 6) is 0.501. The van der Waals surface area contributed by atoms with E-state index in [1.165, 1.54) is 4.90 Å². The van der Waals surface area contributed by atoms with Gasteiger partial charge in [-0.2, -0.15) is 0 Å². The molecule has 0 aromatic heterocycles. The van der Waals surface area contributed by atoms with Crippen molar-refractivity contribution in [3.8, 4) is 5.75 Å². The fourth-order valence-electron chi connectivity index (χ4n) is 3.29.